The zero-order chi connectivity index (χ0) is 14.8. The van der Waals surface area contributed by atoms with Crippen molar-refractivity contribution in [2.75, 3.05) is 6.54 Å². The number of nitrogens with one attached hydrogen (secondary N) is 1. The van der Waals surface area contributed by atoms with Gasteiger partial charge in [0.05, 0.1) is 0 Å². The first-order chi connectivity index (χ1) is 9.54. The first-order valence-corrected chi connectivity index (χ1v) is 8.35. The second-order valence-electron chi connectivity index (χ2n) is 6.71. The molecule has 0 heterocycles. The van der Waals surface area contributed by atoms with Crippen molar-refractivity contribution in [3.8, 4) is 0 Å². The van der Waals surface area contributed by atoms with Gasteiger partial charge in [-0.05, 0) is 74.2 Å². The molecule has 1 aromatic rings. The highest BCUT2D eigenvalue weighted by Gasteiger charge is 2.40. The fourth-order valence-electron chi connectivity index (χ4n) is 4.08. The number of hydrogen-bond acceptors (Lipinski definition) is 1. The maximum Gasteiger partial charge on any atom is 0.0379 e. The molecule has 1 atom stereocenters. The van der Waals surface area contributed by atoms with Crippen LogP contribution in [0.25, 0.3) is 0 Å². The van der Waals surface area contributed by atoms with Gasteiger partial charge in [0.25, 0.3) is 0 Å². The smallest absolute Gasteiger partial charge is 0.0379 e. The molecule has 0 amide bonds. The van der Waals surface area contributed by atoms with Crippen LogP contribution in [0, 0.1) is 26.2 Å². The Labute approximate surface area is 125 Å². The number of rotatable bonds is 5. The summed E-state index contributed by atoms with van der Waals surface area (Å²) in [6.45, 7) is 12.4. The first kappa shape index (κ1) is 15.6. The predicted octanol–water partition coefficient (Wildman–Crippen LogP) is 5.23. The molecular formula is C19H31N. The third-order valence-corrected chi connectivity index (χ3v) is 5.52. The highest BCUT2D eigenvalue weighted by atomic mass is 14.9. The Morgan fingerprint density at radius 1 is 1.00 bits per heavy atom. The van der Waals surface area contributed by atoms with Gasteiger partial charge >= 0.3 is 0 Å². The molecule has 1 saturated carbocycles. The molecule has 0 aromatic heterocycles. The van der Waals surface area contributed by atoms with Gasteiger partial charge in [-0.25, -0.2) is 0 Å². The lowest BCUT2D eigenvalue weighted by molar-refractivity contribution is 0.188. The minimum absolute atomic E-state index is 0.475. The molecule has 1 aliphatic carbocycles. The van der Waals surface area contributed by atoms with E-state index in [1.165, 1.54) is 48.8 Å². The van der Waals surface area contributed by atoms with E-state index in [0.717, 1.165) is 6.54 Å². The van der Waals surface area contributed by atoms with Crippen molar-refractivity contribution in [2.24, 2.45) is 5.41 Å². The van der Waals surface area contributed by atoms with Crippen molar-refractivity contribution in [1.82, 2.24) is 5.32 Å². The van der Waals surface area contributed by atoms with Crippen LogP contribution in [0.3, 0.4) is 0 Å². The Bertz CT molecular complexity index is 455. The van der Waals surface area contributed by atoms with Gasteiger partial charge in [0, 0.05) is 6.04 Å². The summed E-state index contributed by atoms with van der Waals surface area (Å²) < 4.78 is 0. The van der Waals surface area contributed by atoms with Crippen molar-refractivity contribution in [1.29, 1.82) is 0 Å². The van der Waals surface area contributed by atoms with Crippen LogP contribution in [0.2, 0.25) is 0 Å². The summed E-state index contributed by atoms with van der Waals surface area (Å²) in [5.74, 6) is 0. The standard InChI is InChI=1S/C19H31N/c1-6-19(10-8-9-11-19)18(20-7-2)17-13-15(4)14(3)12-16(17)5/h12-13,18,20H,6-11H2,1-5H3. The Hall–Kier alpha value is -0.820. The summed E-state index contributed by atoms with van der Waals surface area (Å²) in [7, 11) is 0. The second-order valence-corrected chi connectivity index (χ2v) is 6.71. The topological polar surface area (TPSA) is 12.0 Å². The van der Waals surface area contributed by atoms with Crippen LogP contribution < -0.4 is 5.32 Å². The second kappa shape index (κ2) is 6.30. The van der Waals surface area contributed by atoms with E-state index in [2.05, 4.69) is 52.1 Å². The Balaban J connectivity index is 2.45. The van der Waals surface area contributed by atoms with Crippen molar-refractivity contribution >= 4 is 0 Å². The van der Waals surface area contributed by atoms with Gasteiger partial charge in [0.2, 0.25) is 0 Å². The molecule has 1 N–H and O–H groups in total. The van der Waals surface area contributed by atoms with Crippen LogP contribution in [0.4, 0.5) is 0 Å². The lowest BCUT2D eigenvalue weighted by atomic mass is 9.72. The summed E-state index contributed by atoms with van der Waals surface area (Å²) >= 11 is 0. The number of hydrogen-bond donors (Lipinski definition) is 1. The zero-order valence-corrected chi connectivity index (χ0v) is 14.0. The monoisotopic (exact) mass is 273 g/mol. The van der Waals surface area contributed by atoms with E-state index in [9.17, 15) is 0 Å². The van der Waals surface area contributed by atoms with Crippen LogP contribution >= 0.6 is 0 Å². The van der Waals surface area contributed by atoms with Gasteiger partial charge in [-0.1, -0.05) is 38.8 Å². The molecule has 112 valence electrons. The third kappa shape index (κ3) is 2.79. The van der Waals surface area contributed by atoms with Crippen molar-refractivity contribution < 1.29 is 0 Å². The summed E-state index contributed by atoms with van der Waals surface area (Å²) in [6, 6.07) is 5.33. The lowest BCUT2D eigenvalue weighted by Gasteiger charge is -2.39. The minimum atomic E-state index is 0.475. The van der Waals surface area contributed by atoms with Gasteiger partial charge in [-0.3, -0.25) is 0 Å². The average molecular weight is 273 g/mol. The quantitative estimate of drug-likeness (QED) is 0.774. The highest BCUT2D eigenvalue weighted by molar-refractivity contribution is 5.39. The molecule has 1 nitrogen and oxygen atoms in total. The number of benzene rings is 1. The Morgan fingerprint density at radius 2 is 1.60 bits per heavy atom. The van der Waals surface area contributed by atoms with Gasteiger partial charge in [0.1, 0.15) is 0 Å². The van der Waals surface area contributed by atoms with Crippen LogP contribution in [0.5, 0.6) is 0 Å². The zero-order valence-electron chi connectivity index (χ0n) is 14.0. The summed E-state index contributed by atoms with van der Waals surface area (Å²) in [6.07, 6.45) is 6.86. The van der Waals surface area contributed by atoms with E-state index in [1.54, 1.807) is 5.56 Å². The molecule has 1 unspecified atom stereocenters. The fourth-order valence-corrected chi connectivity index (χ4v) is 4.08. The van der Waals surface area contributed by atoms with E-state index in [4.69, 9.17) is 0 Å². The highest BCUT2D eigenvalue weighted by Crippen LogP contribution is 2.50. The first-order valence-electron chi connectivity index (χ1n) is 8.35. The van der Waals surface area contributed by atoms with Crippen molar-refractivity contribution in [3.05, 3.63) is 34.4 Å². The molecule has 20 heavy (non-hydrogen) atoms. The van der Waals surface area contributed by atoms with E-state index < -0.39 is 0 Å². The molecule has 0 bridgehead atoms. The Kier molecular flexibility index (Phi) is 4.90. The Morgan fingerprint density at radius 3 is 2.15 bits per heavy atom. The molecular weight excluding hydrogens is 242 g/mol. The van der Waals surface area contributed by atoms with Crippen LogP contribution in [0.1, 0.15) is 74.2 Å². The summed E-state index contributed by atoms with van der Waals surface area (Å²) in [5, 5.41) is 3.82. The molecule has 0 spiro atoms. The minimum Gasteiger partial charge on any atom is -0.310 e. The van der Waals surface area contributed by atoms with Gasteiger partial charge in [-0.2, -0.15) is 0 Å². The maximum atomic E-state index is 3.82. The molecule has 1 aliphatic rings. The molecule has 2 rings (SSSR count). The summed E-state index contributed by atoms with van der Waals surface area (Å²) in [4.78, 5) is 0. The van der Waals surface area contributed by atoms with Gasteiger partial charge in [0.15, 0.2) is 0 Å². The fraction of sp³-hybridized carbons (Fsp3) is 0.684. The largest absolute Gasteiger partial charge is 0.310 e. The van der Waals surface area contributed by atoms with Crippen molar-refractivity contribution in [2.45, 2.75) is 72.8 Å². The SMILES string of the molecule is CCNC(c1cc(C)c(C)cc1C)C1(CC)CCCC1. The molecule has 0 saturated heterocycles. The molecule has 0 radical (unpaired) electrons. The van der Waals surface area contributed by atoms with Gasteiger partial charge in [-0.15, -0.1) is 0 Å². The number of aryl methyl sites for hydroxylation is 3. The van der Waals surface area contributed by atoms with E-state index >= 15 is 0 Å². The van der Waals surface area contributed by atoms with Crippen LogP contribution in [-0.4, -0.2) is 6.54 Å². The van der Waals surface area contributed by atoms with Crippen LogP contribution in [0.15, 0.2) is 12.1 Å². The normalized spacial score (nSPS) is 19.2. The molecule has 1 heteroatoms. The third-order valence-electron chi connectivity index (χ3n) is 5.52. The average Bonchev–Trinajstić information content (AvgIpc) is 2.90. The van der Waals surface area contributed by atoms with Crippen molar-refractivity contribution in [3.63, 3.8) is 0 Å². The summed E-state index contributed by atoms with van der Waals surface area (Å²) in [5.41, 5.74) is 6.32. The maximum absolute atomic E-state index is 3.82. The molecule has 1 aromatic carbocycles. The molecule has 1 fully saturated rings. The van der Waals surface area contributed by atoms with E-state index in [0.29, 0.717) is 11.5 Å². The molecule has 0 aliphatic heterocycles. The van der Waals surface area contributed by atoms with Crippen LogP contribution in [-0.2, 0) is 0 Å². The van der Waals surface area contributed by atoms with E-state index in [1.807, 2.05) is 0 Å². The van der Waals surface area contributed by atoms with Gasteiger partial charge < -0.3 is 5.32 Å². The van der Waals surface area contributed by atoms with E-state index in [-0.39, 0.29) is 0 Å². The predicted molar refractivity (Wildman–Crippen MR) is 88.3 cm³/mol. The lowest BCUT2D eigenvalue weighted by Crippen LogP contribution is -2.36.